The van der Waals surface area contributed by atoms with Crippen LogP contribution in [0.2, 0.25) is 0 Å². The molecule has 176 valence electrons. The van der Waals surface area contributed by atoms with Crippen molar-refractivity contribution in [1.82, 2.24) is 9.47 Å². The van der Waals surface area contributed by atoms with Gasteiger partial charge in [0.25, 0.3) is 0 Å². The van der Waals surface area contributed by atoms with Gasteiger partial charge in [-0.15, -0.1) is 0 Å². The summed E-state index contributed by atoms with van der Waals surface area (Å²) in [4.78, 5) is 20.6. The molecule has 8 heteroatoms. The summed E-state index contributed by atoms with van der Waals surface area (Å²) in [6.45, 7) is 3.56. The van der Waals surface area contributed by atoms with Crippen molar-refractivity contribution in [2.24, 2.45) is 0 Å². The van der Waals surface area contributed by atoms with E-state index < -0.39 is 11.9 Å². The minimum absolute atomic E-state index is 0.379. The average molecular weight is 455 g/mol. The van der Waals surface area contributed by atoms with Crippen LogP contribution in [0.1, 0.15) is 19.3 Å². The molecular weight excluding hydrogens is 424 g/mol. The van der Waals surface area contributed by atoms with Crippen LogP contribution in [0.25, 0.3) is 22.2 Å². The van der Waals surface area contributed by atoms with Gasteiger partial charge in [-0.3, -0.25) is 0 Å². The zero-order valence-corrected chi connectivity index (χ0v) is 18.7. The molecule has 1 saturated heterocycles. The van der Waals surface area contributed by atoms with Crippen molar-refractivity contribution in [2.75, 3.05) is 26.7 Å². The highest BCUT2D eigenvalue weighted by Crippen LogP contribution is 2.30. The summed E-state index contributed by atoms with van der Waals surface area (Å²) in [6, 6.07) is 18.8. The van der Waals surface area contributed by atoms with E-state index in [1.807, 2.05) is 12.1 Å². The van der Waals surface area contributed by atoms with Gasteiger partial charge in [-0.2, -0.15) is 0 Å². The first-order valence-electron chi connectivity index (χ1n) is 11.0. The third-order valence-corrected chi connectivity index (χ3v) is 5.69. The maximum absolute atomic E-state index is 10.8. The molecule has 0 spiro atoms. The van der Waals surface area contributed by atoms with E-state index in [0.717, 1.165) is 36.6 Å². The fourth-order valence-corrected chi connectivity index (χ4v) is 4.12. The molecule has 0 saturated carbocycles. The fraction of sp³-hybridized carbons (Fsp3) is 0.360. The number of hydrogen-bond donors (Lipinski definition) is 3. The average Bonchev–Trinajstić information content (AvgIpc) is 3.18. The van der Waals surface area contributed by atoms with Gasteiger partial charge in [-0.25, -0.2) is 9.59 Å². The molecule has 0 radical (unpaired) electrons. The second-order valence-electron chi connectivity index (χ2n) is 8.05. The van der Waals surface area contributed by atoms with Gasteiger partial charge in [0, 0.05) is 23.1 Å². The molecule has 33 heavy (non-hydrogen) atoms. The second-order valence-corrected chi connectivity index (χ2v) is 8.05. The van der Waals surface area contributed by atoms with Gasteiger partial charge in [-0.1, -0.05) is 24.6 Å². The van der Waals surface area contributed by atoms with E-state index in [9.17, 15) is 5.11 Å². The summed E-state index contributed by atoms with van der Waals surface area (Å²) >= 11 is 0. The number of fused-ring (bicyclic) bond motifs is 1. The van der Waals surface area contributed by atoms with Gasteiger partial charge in [-0.05, 0) is 67.9 Å². The molecule has 1 unspecified atom stereocenters. The highest BCUT2D eigenvalue weighted by atomic mass is 16.5. The first-order valence-corrected chi connectivity index (χ1v) is 11.0. The van der Waals surface area contributed by atoms with Gasteiger partial charge in [0.05, 0.1) is 19.8 Å². The van der Waals surface area contributed by atoms with E-state index in [0.29, 0.717) is 6.54 Å². The number of aromatic nitrogens is 1. The Bertz CT molecular complexity index is 1060. The Morgan fingerprint density at radius 2 is 1.58 bits per heavy atom. The highest BCUT2D eigenvalue weighted by Gasteiger charge is 2.18. The number of benzene rings is 2. The van der Waals surface area contributed by atoms with Gasteiger partial charge in [0.15, 0.2) is 0 Å². The number of hydrogen-bond acceptors (Lipinski definition) is 5. The number of rotatable bonds is 6. The van der Waals surface area contributed by atoms with Crippen LogP contribution in [0.5, 0.6) is 5.75 Å². The Balaban J connectivity index is 0.000000454. The largest absolute Gasteiger partial charge is 0.497 e. The molecule has 0 amide bonds. The molecule has 1 aromatic heterocycles. The molecule has 1 aliphatic rings. The SMILES string of the molecule is COc1ccc(-c2cc3ccccc3n2CC(O)CN2CCCCC2)cc1.O=C(O)C(=O)O. The predicted octanol–water partition coefficient (Wildman–Crippen LogP) is 3.32. The number of carboxylic acids is 2. The summed E-state index contributed by atoms with van der Waals surface area (Å²) in [5.41, 5.74) is 3.44. The zero-order chi connectivity index (χ0) is 23.8. The number of aliphatic hydroxyl groups is 1. The number of aliphatic carboxylic acids is 2. The number of aliphatic hydroxyl groups excluding tert-OH is 1. The van der Waals surface area contributed by atoms with Crippen molar-refractivity contribution >= 4 is 22.8 Å². The van der Waals surface area contributed by atoms with Crippen molar-refractivity contribution < 1.29 is 29.6 Å². The van der Waals surface area contributed by atoms with Gasteiger partial charge in [0.2, 0.25) is 0 Å². The van der Waals surface area contributed by atoms with Crippen LogP contribution in [0, 0.1) is 0 Å². The number of carbonyl (C=O) groups is 2. The first-order chi connectivity index (χ1) is 15.9. The third kappa shape index (κ3) is 6.57. The topological polar surface area (TPSA) is 112 Å². The monoisotopic (exact) mass is 454 g/mol. The summed E-state index contributed by atoms with van der Waals surface area (Å²) in [5.74, 6) is -2.79. The summed E-state index contributed by atoms with van der Waals surface area (Å²) in [7, 11) is 1.68. The number of nitrogens with zero attached hydrogens (tertiary/aromatic N) is 2. The summed E-state index contributed by atoms with van der Waals surface area (Å²) in [5, 5.41) is 26.8. The summed E-state index contributed by atoms with van der Waals surface area (Å²) < 4.78 is 7.55. The standard InChI is InChI=1S/C23H28N2O2.C2H2O4/c1-27-21-11-9-18(10-12-21)23-15-19-7-3-4-8-22(19)25(23)17-20(26)16-24-13-5-2-6-14-24;3-1(4)2(5)6/h3-4,7-12,15,20,26H,2,5-6,13-14,16-17H2,1H3;(H,3,4)(H,5,6). The number of ether oxygens (including phenoxy) is 1. The Hall–Kier alpha value is -3.36. The maximum atomic E-state index is 10.8. The van der Waals surface area contributed by atoms with Crippen LogP contribution >= 0.6 is 0 Å². The van der Waals surface area contributed by atoms with Crippen molar-refractivity contribution in [3.63, 3.8) is 0 Å². The Morgan fingerprint density at radius 1 is 0.939 bits per heavy atom. The lowest BCUT2D eigenvalue weighted by Crippen LogP contribution is -2.38. The number of carboxylic acid groups (broad SMARTS) is 2. The molecule has 4 rings (SSSR count). The van der Waals surface area contributed by atoms with Crippen LogP contribution in [0.4, 0.5) is 0 Å². The van der Waals surface area contributed by atoms with E-state index >= 15 is 0 Å². The number of β-amino-alcohol motifs (C(OH)–C–C–N with tert-alkyl or cyclic N) is 1. The van der Waals surface area contributed by atoms with Crippen molar-refractivity contribution in [1.29, 1.82) is 0 Å². The van der Waals surface area contributed by atoms with E-state index in [2.05, 4.69) is 51.9 Å². The molecule has 3 aromatic rings. The molecule has 3 N–H and O–H groups in total. The van der Waals surface area contributed by atoms with Crippen molar-refractivity contribution in [2.45, 2.75) is 31.9 Å². The Labute approximate surface area is 192 Å². The fourth-order valence-electron chi connectivity index (χ4n) is 4.12. The second kappa shape index (κ2) is 11.5. The highest BCUT2D eigenvalue weighted by molar-refractivity contribution is 6.27. The molecule has 8 nitrogen and oxygen atoms in total. The number of para-hydroxylation sites is 1. The van der Waals surface area contributed by atoms with Crippen LogP contribution in [-0.4, -0.2) is 69.6 Å². The molecule has 0 aliphatic carbocycles. The lowest BCUT2D eigenvalue weighted by molar-refractivity contribution is -0.159. The minimum atomic E-state index is -1.82. The minimum Gasteiger partial charge on any atom is -0.497 e. The number of piperidine rings is 1. The van der Waals surface area contributed by atoms with Crippen molar-refractivity contribution in [3.05, 3.63) is 54.6 Å². The molecule has 1 fully saturated rings. The lowest BCUT2D eigenvalue weighted by atomic mass is 10.1. The Morgan fingerprint density at radius 3 is 2.18 bits per heavy atom. The third-order valence-electron chi connectivity index (χ3n) is 5.69. The number of likely N-dealkylation sites (tertiary alicyclic amines) is 1. The maximum Gasteiger partial charge on any atom is 0.414 e. The van der Waals surface area contributed by atoms with E-state index in [1.54, 1.807) is 7.11 Å². The molecule has 1 aliphatic heterocycles. The normalized spacial score (nSPS) is 14.8. The zero-order valence-electron chi connectivity index (χ0n) is 18.7. The molecule has 0 bridgehead atoms. The molecule has 1 atom stereocenters. The Kier molecular flexibility index (Phi) is 8.46. The van der Waals surface area contributed by atoms with Crippen molar-refractivity contribution in [3.8, 4) is 17.0 Å². The van der Waals surface area contributed by atoms with Crippen LogP contribution in [0.15, 0.2) is 54.6 Å². The van der Waals surface area contributed by atoms with Gasteiger partial charge >= 0.3 is 11.9 Å². The molecule has 2 aromatic carbocycles. The van der Waals surface area contributed by atoms with E-state index in [1.165, 1.54) is 30.2 Å². The summed E-state index contributed by atoms with van der Waals surface area (Å²) in [6.07, 6.45) is 3.43. The smallest absolute Gasteiger partial charge is 0.414 e. The van der Waals surface area contributed by atoms with Crippen LogP contribution in [-0.2, 0) is 16.1 Å². The number of methoxy groups -OCH3 is 1. The van der Waals surface area contributed by atoms with E-state index in [-0.39, 0.29) is 6.10 Å². The first kappa shape index (κ1) is 24.3. The predicted molar refractivity (Wildman–Crippen MR) is 125 cm³/mol. The molecule has 2 heterocycles. The van der Waals surface area contributed by atoms with Crippen LogP contribution < -0.4 is 4.74 Å². The van der Waals surface area contributed by atoms with Gasteiger partial charge in [0.1, 0.15) is 5.75 Å². The lowest BCUT2D eigenvalue weighted by Gasteiger charge is -2.29. The van der Waals surface area contributed by atoms with Gasteiger partial charge < -0.3 is 29.5 Å². The quantitative estimate of drug-likeness (QED) is 0.490. The molecular formula is C25H30N2O6. The van der Waals surface area contributed by atoms with Crippen LogP contribution in [0.3, 0.4) is 0 Å². The van der Waals surface area contributed by atoms with E-state index in [4.69, 9.17) is 24.5 Å².